The number of nitrogens with zero attached hydrogens (tertiary/aromatic N) is 5. The number of rotatable bonds is 7. The molecule has 0 aliphatic heterocycles. The zero-order chi connectivity index (χ0) is 21.0. The van der Waals surface area contributed by atoms with Gasteiger partial charge in [0.05, 0.1) is 16.7 Å². The van der Waals surface area contributed by atoms with Gasteiger partial charge in [0.25, 0.3) is 0 Å². The number of fused-ring (bicyclic) bond motifs is 1. The molecule has 7 nitrogen and oxygen atoms in total. The fourth-order valence-corrected chi connectivity index (χ4v) is 3.82. The zero-order valence-electron chi connectivity index (χ0n) is 18.9. The Balaban J connectivity index is 0.00000320. The number of aromatic nitrogens is 4. The molecule has 30 heavy (non-hydrogen) atoms. The summed E-state index contributed by atoms with van der Waals surface area (Å²) in [6.45, 7) is 10.2. The molecule has 1 unspecified atom stereocenters. The Morgan fingerprint density at radius 2 is 1.93 bits per heavy atom. The van der Waals surface area contributed by atoms with Crippen LogP contribution in [0.15, 0.2) is 29.3 Å². The molecule has 0 aliphatic rings. The lowest BCUT2D eigenvalue weighted by Gasteiger charge is -2.18. The van der Waals surface area contributed by atoms with Crippen LogP contribution in [-0.2, 0) is 20.0 Å². The van der Waals surface area contributed by atoms with E-state index in [4.69, 9.17) is 0 Å². The summed E-state index contributed by atoms with van der Waals surface area (Å²) in [5.41, 5.74) is 5.89. The van der Waals surface area contributed by atoms with Gasteiger partial charge >= 0.3 is 0 Å². The highest BCUT2D eigenvalue weighted by molar-refractivity contribution is 14.0. The maximum atomic E-state index is 4.64. The number of hydrogen-bond acceptors (Lipinski definition) is 3. The molecule has 0 saturated carbocycles. The minimum absolute atomic E-state index is 0. The Kier molecular flexibility index (Phi) is 8.69. The predicted molar refractivity (Wildman–Crippen MR) is 135 cm³/mol. The lowest BCUT2D eigenvalue weighted by Crippen LogP contribution is -2.43. The summed E-state index contributed by atoms with van der Waals surface area (Å²) < 4.78 is 4.23. The van der Waals surface area contributed by atoms with Gasteiger partial charge in [-0.05, 0) is 58.2 Å². The smallest absolute Gasteiger partial charge is 0.191 e. The molecule has 0 bridgehead atoms. The molecule has 0 spiro atoms. The molecule has 0 saturated heterocycles. The van der Waals surface area contributed by atoms with Gasteiger partial charge in [-0.3, -0.25) is 9.67 Å². The van der Waals surface area contributed by atoms with Gasteiger partial charge in [0.2, 0.25) is 0 Å². The second-order valence-electron chi connectivity index (χ2n) is 7.67. The SMILES string of the molecule is CN=C(NCCCn1c(C)nc2ccccc21)NC(C)Cc1c(C)nn(C)c1C.I. The first kappa shape index (κ1) is 24.2. The number of imidazole rings is 1. The minimum Gasteiger partial charge on any atom is -0.356 e. The first-order valence-electron chi connectivity index (χ1n) is 10.3. The van der Waals surface area contributed by atoms with E-state index >= 15 is 0 Å². The molecule has 0 amide bonds. The standard InChI is InChI=1S/C22H33N7.HI/c1-15(14-19-16(2)27-28(6)17(19)3)25-22(23-5)24-12-9-13-29-18(4)26-20-10-7-8-11-21(20)29;/h7-8,10-11,15H,9,12-14H2,1-6H3,(H2,23,24,25);1H. The molecule has 8 heteroatoms. The van der Waals surface area contributed by atoms with E-state index in [-0.39, 0.29) is 30.0 Å². The number of benzene rings is 1. The summed E-state index contributed by atoms with van der Waals surface area (Å²) in [4.78, 5) is 9.01. The number of aliphatic imine (C=N–C) groups is 1. The molecule has 2 N–H and O–H groups in total. The largest absolute Gasteiger partial charge is 0.356 e. The van der Waals surface area contributed by atoms with Gasteiger partial charge < -0.3 is 15.2 Å². The monoisotopic (exact) mass is 523 g/mol. The highest BCUT2D eigenvalue weighted by atomic mass is 127. The van der Waals surface area contributed by atoms with Crippen LogP contribution in [-0.4, -0.2) is 44.9 Å². The molecular formula is C22H34IN7. The number of halogens is 1. The molecule has 0 fully saturated rings. The van der Waals surface area contributed by atoms with Gasteiger partial charge in [0.15, 0.2) is 5.96 Å². The second-order valence-corrected chi connectivity index (χ2v) is 7.67. The highest BCUT2D eigenvalue weighted by Gasteiger charge is 2.14. The number of para-hydroxylation sites is 2. The summed E-state index contributed by atoms with van der Waals surface area (Å²) in [5.74, 6) is 1.90. The molecular weight excluding hydrogens is 489 g/mol. The summed E-state index contributed by atoms with van der Waals surface area (Å²) in [6.07, 6.45) is 1.92. The van der Waals surface area contributed by atoms with Gasteiger partial charge in [-0.15, -0.1) is 24.0 Å². The topological polar surface area (TPSA) is 72.1 Å². The van der Waals surface area contributed by atoms with Crippen molar-refractivity contribution in [3.8, 4) is 0 Å². The van der Waals surface area contributed by atoms with Gasteiger partial charge in [0.1, 0.15) is 5.82 Å². The van der Waals surface area contributed by atoms with Crippen LogP contribution in [0.4, 0.5) is 0 Å². The van der Waals surface area contributed by atoms with Crippen molar-refractivity contribution in [3.63, 3.8) is 0 Å². The van der Waals surface area contributed by atoms with Crippen LogP contribution >= 0.6 is 24.0 Å². The van der Waals surface area contributed by atoms with Crippen molar-refractivity contribution in [2.45, 2.75) is 53.1 Å². The second kappa shape index (κ2) is 10.8. The third kappa shape index (κ3) is 5.53. The summed E-state index contributed by atoms with van der Waals surface area (Å²) >= 11 is 0. The fraction of sp³-hybridized carbons (Fsp3) is 0.500. The van der Waals surface area contributed by atoms with E-state index in [9.17, 15) is 0 Å². The Hall–Kier alpha value is -2.10. The lowest BCUT2D eigenvalue weighted by molar-refractivity contribution is 0.605. The first-order valence-corrected chi connectivity index (χ1v) is 10.3. The summed E-state index contributed by atoms with van der Waals surface area (Å²) in [5, 5.41) is 11.4. The molecule has 3 aromatic rings. The van der Waals surface area contributed by atoms with E-state index < -0.39 is 0 Å². The van der Waals surface area contributed by atoms with E-state index in [2.05, 4.69) is 76.2 Å². The van der Waals surface area contributed by atoms with Crippen LogP contribution in [0.1, 0.15) is 36.1 Å². The van der Waals surface area contributed by atoms with Crippen LogP contribution in [0.25, 0.3) is 11.0 Å². The van der Waals surface area contributed by atoms with Gasteiger partial charge in [-0.2, -0.15) is 5.10 Å². The van der Waals surface area contributed by atoms with E-state index in [0.717, 1.165) is 48.9 Å². The summed E-state index contributed by atoms with van der Waals surface area (Å²) in [7, 11) is 3.81. The number of guanidine groups is 1. The maximum absolute atomic E-state index is 4.64. The average molecular weight is 523 g/mol. The molecule has 2 heterocycles. The third-order valence-electron chi connectivity index (χ3n) is 5.47. The fourth-order valence-electron chi connectivity index (χ4n) is 3.82. The van der Waals surface area contributed by atoms with Crippen molar-refractivity contribution >= 4 is 41.0 Å². The lowest BCUT2D eigenvalue weighted by atomic mass is 10.1. The van der Waals surface area contributed by atoms with Crippen molar-refractivity contribution in [2.24, 2.45) is 12.0 Å². The molecule has 0 aliphatic carbocycles. The van der Waals surface area contributed by atoms with Crippen molar-refractivity contribution in [1.82, 2.24) is 30.0 Å². The number of hydrogen-bond donors (Lipinski definition) is 2. The Bertz CT molecular complexity index is 1000. The van der Waals surface area contributed by atoms with E-state index in [1.807, 2.05) is 24.8 Å². The summed E-state index contributed by atoms with van der Waals surface area (Å²) in [6, 6.07) is 8.56. The van der Waals surface area contributed by atoms with E-state index in [1.54, 1.807) is 0 Å². The van der Waals surface area contributed by atoms with Crippen molar-refractivity contribution in [2.75, 3.05) is 13.6 Å². The first-order chi connectivity index (χ1) is 13.9. The zero-order valence-corrected chi connectivity index (χ0v) is 21.2. The molecule has 164 valence electrons. The number of aryl methyl sites for hydroxylation is 4. The van der Waals surface area contributed by atoms with Gasteiger partial charge in [0, 0.05) is 38.9 Å². The maximum Gasteiger partial charge on any atom is 0.191 e. The predicted octanol–water partition coefficient (Wildman–Crippen LogP) is 3.50. The van der Waals surface area contributed by atoms with Crippen LogP contribution in [0, 0.1) is 20.8 Å². The molecule has 3 rings (SSSR count). The van der Waals surface area contributed by atoms with E-state index in [0.29, 0.717) is 0 Å². The molecule has 2 aromatic heterocycles. The van der Waals surface area contributed by atoms with Crippen LogP contribution in [0.5, 0.6) is 0 Å². The average Bonchev–Trinajstić information content (AvgIpc) is 3.14. The van der Waals surface area contributed by atoms with Crippen LogP contribution < -0.4 is 10.6 Å². The minimum atomic E-state index is 0. The number of nitrogens with one attached hydrogen (secondary N) is 2. The van der Waals surface area contributed by atoms with Gasteiger partial charge in [-0.25, -0.2) is 4.98 Å². The van der Waals surface area contributed by atoms with E-state index in [1.165, 1.54) is 16.8 Å². The highest BCUT2D eigenvalue weighted by Crippen LogP contribution is 2.16. The molecule has 1 atom stereocenters. The quantitative estimate of drug-likeness (QED) is 0.215. The van der Waals surface area contributed by atoms with Crippen molar-refractivity contribution < 1.29 is 0 Å². The van der Waals surface area contributed by atoms with Gasteiger partial charge in [-0.1, -0.05) is 12.1 Å². The molecule has 0 radical (unpaired) electrons. The Morgan fingerprint density at radius 1 is 1.20 bits per heavy atom. The third-order valence-corrected chi connectivity index (χ3v) is 5.47. The van der Waals surface area contributed by atoms with Crippen molar-refractivity contribution in [3.05, 3.63) is 47.0 Å². The van der Waals surface area contributed by atoms with Crippen LogP contribution in [0.3, 0.4) is 0 Å². The van der Waals surface area contributed by atoms with Crippen LogP contribution in [0.2, 0.25) is 0 Å². The normalized spacial score (nSPS) is 12.7. The Labute approximate surface area is 196 Å². The Morgan fingerprint density at radius 3 is 2.60 bits per heavy atom. The van der Waals surface area contributed by atoms with Crippen molar-refractivity contribution in [1.29, 1.82) is 0 Å². The molecule has 1 aromatic carbocycles.